The van der Waals surface area contributed by atoms with Crippen molar-refractivity contribution in [3.8, 4) is 11.4 Å². The zero-order valence-corrected chi connectivity index (χ0v) is 19.2. The molecule has 0 radical (unpaired) electrons. The second-order valence-corrected chi connectivity index (χ2v) is 9.86. The summed E-state index contributed by atoms with van der Waals surface area (Å²) in [7, 11) is 0. The number of carbonyl (C=O) groups excluding carboxylic acids is 2. The van der Waals surface area contributed by atoms with Crippen LogP contribution >= 0.6 is 0 Å². The van der Waals surface area contributed by atoms with E-state index in [1.807, 2.05) is 0 Å². The number of nitrogens with one attached hydrogen (secondary N) is 2. The van der Waals surface area contributed by atoms with Crippen molar-refractivity contribution in [3.63, 3.8) is 0 Å². The van der Waals surface area contributed by atoms with Crippen LogP contribution < -0.4 is 10.6 Å². The molecule has 184 valence electrons. The fourth-order valence-corrected chi connectivity index (χ4v) is 4.23. The zero-order chi connectivity index (χ0) is 24.8. The summed E-state index contributed by atoms with van der Waals surface area (Å²) in [6.45, 7) is 5.11. The van der Waals surface area contributed by atoms with Crippen LogP contribution in [0.2, 0.25) is 0 Å². The van der Waals surface area contributed by atoms with E-state index in [1.54, 1.807) is 25.3 Å². The Morgan fingerprint density at radius 1 is 1.21 bits per heavy atom. The highest BCUT2D eigenvalue weighted by Crippen LogP contribution is 2.31. The predicted octanol–water partition coefficient (Wildman–Crippen LogP) is 2.94. The minimum atomic E-state index is -2.93. The molecule has 0 bridgehead atoms. The van der Waals surface area contributed by atoms with Gasteiger partial charge in [-0.1, -0.05) is 20.8 Å². The number of amides is 2. The molecule has 34 heavy (non-hydrogen) atoms. The molecule has 0 aliphatic carbocycles. The van der Waals surface area contributed by atoms with E-state index >= 15 is 0 Å². The molecule has 2 aromatic rings. The third kappa shape index (κ3) is 4.66. The molecule has 1 aromatic carbocycles. The van der Waals surface area contributed by atoms with Crippen LogP contribution in [-0.4, -0.2) is 57.9 Å². The molecule has 11 heteroatoms. The minimum Gasteiger partial charge on any atom is -0.338 e. The second kappa shape index (κ2) is 8.68. The Bertz CT molecular complexity index is 1120. The van der Waals surface area contributed by atoms with Gasteiger partial charge in [-0.15, -0.1) is 0 Å². The number of nitrogens with zero attached hydrogens (tertiary/aromatic N) is 3. The molecule has 2 amide bonds. The highest BCUT2D eigenvalue weighted by Gasteiger charge is 2.49. The second-order valence-electron chi connectivity index (χ2n) is 9.86. The van der Waals surface area contributed by atoms with Gasteiger partial charge in [0, 0.05) is 13.1 Å². The van der Waals surface area contributed by atoms with Crippen molar-refractivity contribution < 1.29 is 27.2 Å². The lowest BCUT2D eigenvalue weighted by atomic mass is 9.85. The van der Waals surface area contributed by atoms with Crippen LogP contribution in [0.4, 0.5) is 17.6 Å². The van der Waals surface area contributed by atoms with Gasteiger partial charge in [0.1, 0.15) is 23.5 Å². The summed E-state index contributed by atoms with van der Waals surface area (Å²) in [6, 6.07) is 1.94. The SMILES string of the molecule is CC(C)(C)C(NC(=O)c1nc(-c2cc(F)ccc2F)n2c1CNCCC2)C(=O)N1CC(F)(F)C1. The van der Waals surface area contributed by atoms with E-state index in [-0.39, 0.29) is 23.6 Å². The van der Waals surface area contributed by atoms with Gasteiger partial charge in [-0.05, 0) is 36.6 Å². The smallest absolute Gasteiger partial charge is 0.282 e. The molecule has 1 saturated heterocycles. The molecule has 0 saturated carbocycles. The highest BCUT2D eigenvalue weighted by molar-refractivity contribution is 5.98. The molecule has 1 fully saturated rings. The number of carbonyl (C=O) groups is 2. The molecular weight excluding hydrogens is 454 g/mol. The number of benzene rings is 1. The van der Waals surface area contributed by atoms with Crippen LogP contribution in [0, 0.1) is 17.0 Å². The van der Waals surface area contributed by atoms with Crippen LogP contribution in [0.5, 0.6) is 0 Å². The normalized spacial score (nSPS) is 18.5. The topological polar surface area (TPSA) is 79.3 Å². The predicted molar refractivity (Wildman–Crippen MR) is 116 cm³/mol. The Kier molecular flexibility index (Phi) is 6.17. The number of fused-ring (bicyclic) bond motifs is 1. The van der Waals surface area contributed by atoms with Crippen LogP contribution in [0.1, 0.15) is 43.4 Å². The molecule has 0 spiro atoms. The monoisotopic (exact) mass is 481 g/mol. The molecule has 7 nitrogen and oxygen atoms in total. The van der Waals surface area contributed by atoms with Crippen LogP contribution in [0.3, 0.4) is 0 Å². The summed E-state index contributed by atoms with van der Waals surface area (Å²) in [4.78, 5) is 31.6. The number of rotatable bonds is 4. The first-order chi connectivity index (χ1) is 15.9. The minimum absolute atomic E-state index is 0.0240. The summed E-state index contributed by atoms with van der Waals surface area (Å²) in [5.74, 6) is -5.43. The van der Waals surface area contributed by atoms with Crippen LogP contribution in [-0.2, 0) is 17.9 Å². The lowest BCUT2D eigenvalue weighted by molar-refractivity contribution is -0.169. The Labute approximate surface area is 194 Å². The van der Waals surface area contributed by atoms with Gasteiger partial charge in [-0.25, -0.2) is 22.5 Å². The first kappa shape index (κ1) is 24.2. The molecular formula is C23H27F4N5O2. The summed E-state index contributed by atoms with van der Waals surface area (Å²) >= 11 is 0. The Hall–Kier alpha value is -2.95. The number of imidazole rings is 1. The molecule has 2 aliphatic heterocycles. The van der Waals surface area contributed by atoms with Crippen molar-refractivity contribution in [3.05, 3.63) is 41.2 Å². The largest absolute Gasteiger partial charge is 0.338 e. The fourth-order valence-electron chi connectivity index (χ4n) is 4.23. The summed E-state index contributed by atoms with van der Waals surface area (Å²) in [6.07, 6.45) is 0.681. The molecule has 1 atom stereocenters. The molecule has 2 aliphatic rings. The van der Waals surface area contributed by atoms with Gasteiger partial charge in [0.05, 0.1) is 24.3 Å². The van der Waals surface area contributed by atoms with Crippen molar-refractivity contribution >= 4 is 11.8 Å². The summed E-state index contributed by atoms with van der Waals surface area (Å²) in [5, 5.41) is 5.84. The third-order valence-electron chi connectivity index (χ3n) is 6.03. The van der Waals surface area contributed by atoms with E-state index in [4.69, 9.17) is 0 Å². The van der Waals surface area contributed by atoms with Gasteiger partial charge in [0.2, 0.25) is 5.91 Å². The fraction of sp³-hybridized carbons (Fsp3) is 0.522. The molecule has 2 N–H and O–H groups in total. The number of halogens is 4. The number of alkyl halides is 2. The molecule has 4 rings (SSSR count). The van der Waals surface area contributed by atoms with Gasteiger partial charge >= 0.3 is 0 Å². The maximum atomic E-state index is 14.6. The van der Waals surface area contributed by atoms with E-state index < -0.39 is 53.9 Å². The van der Waals surface area contributed by atoms with Crippen molar-refractivity contribution in [2.45, 2.75) is 52.2 Å². The molecule has 1 aromatic heterocycles. The van der Waals surface area contributed by atoms with E-state index in [0.717, 1.165) is 23.1 Å². The van der Waals surface area contributed by atoms with E-state index in [2.05, 4.69) is 15.6 Å². The number of likely N-dealkylation sites (tertiary alicyclic amines) is 1. The Morgan fingerprint density at radius 3 is 2.56 bits per heavy atom. The van der Waals surface area contributed by atoms with E-state index in [0.29, 0.717) is 25.2 Å². The first-order valence-corrected chi connectivity index (χ1v) is 11.1. The summed E-state index contributed by atoms with van der Waals surface area (Å²) < 4.78 is 56.8. The average molecular weight is 481 g/mol. The first-order valence-electron chi connectivity index (χ1n) is 11.1. The number of aromatic nitrogens is 2. The zero-order valence-electron chi connectivity index (χ0n) is 19.2. The standard InChI is InChI=1S/C23H27F4N5O2/c1-22(2,3)18(21(34)31-11-23(26,27)12-31)30-20(33)17-16-10-28-7-4-8-32(16)19(29-17)14-9-13(24)5-6-15(14)25/h5-6,9,18,28H,4,7-8,10-12H2,1-3H3,(H,30,33). The van der Waals surface area contributed by atoms with Gasteiger partial charge in [-0.2, -0.15) is 0 Å². The van der Waals surface area contributed by atoms with Crippen LogP contribution in [0.15, 0.2) is 18.2 Å². The lowest BCUT2D eigenvalue weighted by Gasteiger charge is -2.43. The van der Waals surface area contributed by atoms with Crippen molar-refractivity contribution in [2.24, 2.45) is 5.41 Å². The number of hydrogen-bond donors (Lipinski definition) is 2. The quantitative estimate of drug-likeness (QED) is 0.659. The summed E-state index contributed by atoms with van der Waals surface area (Å²) in [5.41, 5.74) is -0.397. The Balaban J connectivity index is 1.69. The van der Waals surface area contributed by atoms with Gasteiger partial charge < -0.3 is 20.1 Å². The lowest BCUT2D eigenvalue weighted by Crippen LogP contribution is -2.64. The Morgan fingerprint density at radius 2 is 1.91 bits per heavy atom. The van der Waals surface area contributed by atoms with Gasteiger partial charge in [0.25, 0.3) is 11.8 Å². The van der Waals surface area contributed by atoms with Gasteiger partial charge in [0.15, 0.2) is 5.69 Å². The number of hydrogen-bond acceptors (Lipinski definition) is 4. The van der Waals surface area contributed by atoms with Crippen LogP contribution in [0.25, 0.3) is 11.4 Å². The van der Waals surface area contributed by atoms with Crippen molar-refractivity contribution in [2.75, 3.05) is 19.6 Å². The highest BCUT2D eigenvalue weighted by atomic mass is 19.3. The maximum Gasteiger partial charge on any atom is 0.282 e. The maximum absolute atomic E-state index is 14.6. The molecule has 3 heterocycles. The molecule has 1 unspecified atom stereocenters. The van der Waals surface area contributed by atoms with E-state index in [9.17, 15) is 27.2 Å². The average Bonchev–Trinajstić information content (AvgIpc) is 2.91. The van der Waals surface area contributed by atoms with Crippen molar-refractivity contribution in [1.82, 2.24) is 25.1 Å². The third-order valence-corrected chi connectivity index (χ3v) is 6.03. The van der Waals surface area contributed by atoms with E-state index in [1.165, 1.54) is 0 Å². The van der Waals surface area contributed by atoms with Crippen molar-refractivity contribution in [1.29, 1.82) is 0 Å². The van der Waals surface area contributed by atoms with Gasteiger partial charge in [-0.3, -0.25) is 9.59 Å².